The van der Waals surface area contributed by atoms with Gasteiger partial charge in [0.1, 0.15) is 11.5 Å². The molecule has 1 amide bonds. The summed E-state index contributed by atoms with van der Waals surface area (Å²) in [6, 6.07) is 9.03. The molecule has 4 rings (SSSR count). The van der Waals surface area contributed by atoms with Gasteiger partial charge in [0.25, 0.3) is 11.6 Å². The molecule has 152 valence electrons. The molecule has 0 bridgehead atoms. The van der Waals surface area contributed by atoms with Crippen molar-refractivity contribution in [3.8, 4) is 0 Å². The summed E-state index contributed by atoms with van der Waals surface area (Å²) in [7, 11) is 0. The molecule has 0 unspecified atom stereocenters. The van der Waals surface area contributed by atoms with Gasteiger partial charge in [0.15, 0.2) is 0 Å². The summed E-state index contributed by atoms with van der Waals surface area (Å²) in [6.07, 6.45) is 0.667. The largest absolute Gasteiger partial charge is 0.378 e. The topological polar surface area (TPSA) is 84.7 Å². The first-order valence-electron chi connectivity index (χ1n) is 9.38. The number of carbonyl (C=O) groups excluding carboxylic acids is 1. The Bertz CT molecular complexity index is 949. The summed E-state index contributed by atoms with van der Waals surface area (Å²) < 4.78 is 19.3. The van der Waals surface area contributed by atoms with E-state index in [9.17, 15) is 19.3 Å². The molecule has 1 N–H and O–H groups in total. The maximum Gasteiger partial charge on any atom is 0.293 e. The van der Waals surface area contributed by atoms with E-state index in [1.54, 1.807) is 24.3 Å². The average Bonchev–Trinajstić information content (AvgIpc) is 2.74. The lowest BCUT2D eigenvalue weighted by atomic mass is 10.0. The Hall–Kier alpha value is -2.65. The Labute approximate surface area is 171 Å². The van der Waals surface area contributed by atoms with Crippen LogP contribution in [0.4, 0.5) is 15.8 Å². The van der Waals surface area contributed by atoms with Gasteiger partial charge >= 0.3 is 0 Å². The van der Waals surface area contributed by atoms with Crippen LogP contribution in [0.3, 0.4) is 0 Å². The van der Waals surface area contributed by atoms with Crippen molar-refractivity contribution in [1.82, 2.24) is 5.32 Å². The van der Waals surface area contributed by atoms with Crippen LogP contribution in [0.5, 0.6) is 0 Å². The smallest absolute Gasteiger partial charge is 0.293 e. The van der Waals surface area contributed by atoms with Crippen LogP contribution in [0.25, 0.3) is 0 Å². The van der Waals surface area contributed by atoms with E-state index in [2.05, 4.69) is 5.32 Å². The van der Waals surface area contributed by atoms with E-state index < -0.39 is 10.8 Å². The van der Waals surface area contributed by atoms with Gasteiger partial charge in [0.05, 0.1) is 24.2 Å². The number of benzene rings is 2. The number of fused-ring (bicyclic) bond motifs is 1. The van der Waals surface area contributed by atoms with Crippen molar-refractivity contribution in [3.63, 3.8) is 0 Å². The molecular weight excluding hydrogens is 397 g/mol. The number of nitro benzene ring substituents is 1. The van der Waals surface area contributed by atoms with E-state index in [0.29, 0.717) is 49.1 Å². The Morgan fingerprint density at radius 1 is 1.28 bits per heavy atom. The minimum absolute atomic E-state index is 0.106. The van der Waals surface area contributed by atoms with E-state index in [-0.39, 0.29) is 23.1 Å². The molecule has 1 atom stereocenters. The van der Waals surface area contributed by atoms with Crippen molar-refractivity contribution < 1.29 is 18.8 Å². The highest BCUT2D eigenvalue weighted by molar-refractivity contribution is 7.99. The molecule has 1 fully saturated rings. The number of carbonyl (C=O) groups is 1. The van der Waals surface area contributed by atoms with Crippen molar-refractivity contribution in [2.24, 2.45) is 0 Å². The second-order valence-electron chi connectivity index (χ2n) is 6.88. The molecule has 2 aliphatic heterocycles. The summed E-state index contributed by atoms with van der Waals surface area (Å²) in [4.78, 5) is 26.4. The van der Waals surface area contributed by atoms with E-state index in [1.165, 1.54) is 23.9 Å². The normalized spacial score (nSPS) is 18.8. The summed E-state index contributed by atoms with van der Waals surface area (Å²) in [5.41, 5.74) is 1.33. The first kappa shape index (κ1) is 19.7. The number of ether oxygens (including phenoxy) is 1. The Balaban J connectivity index is 1.57. The van der Waals surface area contributed by atoms with Gasteiger partial charge in [-0.05, 0) is 30.2 Å². The van der Waals surface area contributed by atoms with Gasteiger partial charge in [-0.2, -0.15) is 0 Å². The fraction of sp³-hybridized carbons (Fsp3) is 0.350. The lowest BCUT2D eigenvalue weighted by molar-refractivity contribution is -0.384. The highest BCUT2D eigenvalue weighted by Gasteiger charge is 2.27. The van der Waals surface area contributed by atoms with Gasteiger partial charge in [-0.15, -0.1) is 11.8 Å². The third kappa shape index (κ3) is 4.06. The van der Waals surface area contributed by atoms with Crippen LogP contribution in [0.2, 0.25) is 0 Å². The average molecular weight is 417 g/mol. The maximum atomic E-state index is 14.0. The maximum absolute atomic E-state index is 14.0. The molecule has 7 nitrogen and oxygen atoms in total. The summed E-state index contributed by atoms with van der Waals surface area (Å²) >= 11 is 1.43. The van der Waals surface area contributed by atoms with E-state index in [0.717, 1.165) is 5.56 Å². The monoisotopic (exact) mass is 417 g/mol. The van der Waals surface area contributed by atoms with Crippen molar-refractivity contribution in [1.29, 1.82) is 0 Å². The van der Waals surface area contributed by atoms with E-state index in [1.807, 2.05) is 4.90 Å². The fourth-order valence-electron chi connectivity index (χ4n) is 3.66. The predicted octanol–water partition coefficient (Wildman–Crippen LogP) is 3.54. The van der Waals surface area contributed by atoms with Gasteiger partial charge in [-0.1, -0.05) is 12.1 Å². The van der Waals surface area contributed by atoms with Crippen LogP contribution >= 0.6 is 11.8 Å². The van der Waals surface area contributed by atoms with Gasteiger partial charge < -0.3 is 15.0 Å². The van der Waals surface area contributed by atoms with Crippen molar-refractivity contribution >= 4 is 29.0 Å². The lowest BCUT2D eigenvalue weighted by Gasteiger charge is -2.28. The third-order valence-corrected chi connectivity index (χ3v) is 6.28. The Morgan fingerprint density at radius 3 is 2.83 bits per heavy atom. The lowest BCUT2D eigenvalue weighted by Crippen LogP contribution is -2.36. The van der Waals surface area contributed by atoms with Gasteiger partial charge in [0.2, 0.25) is 0 Å². The molecule has 1 saturated heterocycles. The van der Waals surface area contributed by atoms with Gasteiger partial charge in [-0.3, -0.25) is 14.9 Å². The minimum Gasteiger partial charge on any atom is -0.378 e. The number of halogens is 1. The molecule has 2 heterocycles. The molecule has 29 heavy (non-hydrogen) atoms. The second kappa shape index (κ2) is 8.38. The summed E-state index contributed by atoms with van der Waals surface area (Å²) in [5, 5.41) is 14.5. The van der Waals surface area contributed by atoms with Gasteiger partial charge in [0, 0.05) is 35.4 Å². The molecule has 2 aromatic rings. The van der Waals surface area contributed by atoms with Crippen LogP contribution in [0.15, 0.2) is 41.3 Å². The fourth-order valence-corrected chi connectivity index (χ4v) is 4.80. The Kier molecular flexibility index (Phi) is 5.68. The van der Waals surface area contributed by atoms with Crippen LogP contribution in [-0.4, -0.2) is 42.9 Å². The first-order chi connectivity index (χ1) is 14.0. The number of hydrogen-bond acceptors (Lipinski definition) is 6. The summed E-state index contributed by atoms with van der Waals surface area (Å²) in [5.74, 6) is -0.0136. The number of rotatable bonds is 4. The quantitative estimate of drug-likeness (QED) is 0.605. The first-order valence-corrected chi connectivity index (χ1v) is 10.4. The highest BCUT2D eigenvalue weighted by atomic mass is 32.2. The number of nitrogens with one attached hydrogen (secondary N) is 1. The van der Waals surface area contributed by atoms with Crippen molar-refractivity contribution in [2.75, 3.05) is 37.0 Å². The predicted molar refractivity (Wildman–Crippen MR) is 108 cm³/mol. The summed E-state index contributed by atoms with van der Waals surface area (Å²) in [6.45, 7) is 2.15. The molecular formula is C20H20FN3O4S. The zero-order chi connectivity index (χ0) is 20.4. The zero-order valence-corrected chi connectivity index (χ0v) is 16.4. The zero-order valence-electron chi connectivity index (χ0n) is 15.6. The molecule has 0 spiro atoms. The molecule has 0 radical (unpaired) electrons. The highest BCUT2D eigenvalue weighted by Crippen LogP contribution is 2.38. The molecule has 0 saturated carbocycles. The number of nitro groups is 1. The number of amides is 1. The minimum atomic E-state index is -0.469. The SMILES string of the molecule is O=C(N[C@H]1CCSc2c(F)cccc21)c1ccc(N2CCOCC2)c([N+](=O)[O-])c1. The molecule has 9 heteroatoms. The van der Waals surface area contributed by atoms with Crippen LogP contribution in [0.1, 0.15) is 28.4 Å². The van der Waals surface area contributed by atoms with E-state index in [4.69, 9.17) is 4.74 Å². The number of hydrogen-bond donors (Lipinski definition) is 1. The molecule has 2 aromatic carbocycles. The van der Waals surface area contributed by atoms with Crippen molar-refractivity contribution in [3.05, 3.63) is 63.5 Å². The van der Waals surface area contributed by atoms with E-state index >= 15 is 0 Å². The molecule has 0 aliphatic carbocycles. The van der Waals surface area contributed by atoms with Crippen molar-refractivity contribution in [2.45, 2.75) is 17.4 Å². The van der Waals surface area contributed by atoms with Crippen LogP contribution < -0.4 is 10.2 Å². The van der Waals surface area contributed by atoms with Crippen LogP contribution in [0, 0.1) is 15.9 Å². The second-order valence-corrected chi connectivity index (χ2v) is 7.99. The standard InChI is InChI=1S/C20H20FN3O4S/c21-15-3-1-2-14-16(6-11-29-19(14)15)22-20(25)13-4-5-17(18(12-13)24(26)27)23-7-9-28-10-8-23/h1-5,12,16H,6-11H2,(H,22,25)/t16-/m0/s1. The molecule has 2 aliphatic rings. The number of morpholine rings is 1. The number of thioether (sulfide) groups is 1. The Morgan fingerprint density at radius 2 is 2.07 bits per heavy atom. The molecule has 0 aromatic heterocycles. The van der Waals surface area contributed by atoms with Gasteiger partial charge in [-0.25, -0.2) is 4.39 Å². The number of anilines is 1. The van der Waals surface area contributed by atoms with Crippen LogP contribution in [-0.2, 0) is 4.74 Å². The number of nitrogens with zero attached hydrogens (tertiary/aromatic N) is 2. The third-order valence-electron chi connectivity index (χ3n) is 5.12.